The van der Waals surface area contributed by atoms with Crippen LogP contribution in [-0.4, -0.2) is 27.5 Å². The van der Waals surface area contributed by atoms with Crippen LogP contribution < -0.4 is 11.1 Å². The van der Waals surface area contributed by atoms with Gasteiger partial charge in [-0.2, -0.15) is 11.8 Å². The maximum absolute atomic E-state index is 5.67. The van der Waals surface area contributed by atoms with Crippen molar-refractivity contribution in [2.75, 3.05) is 22.6 Å². The summed E-state index contributed by atoms with van der Waals surface area (Å²) in [4.78, 5) is 8.37. The summed E-state index contributed by atoms with van der Waals surface area (Å²) in [5.41, 5.74) is 5.67. The highest BCUT2D eigenvalue weighted by Crippen LogP contribution is 2.20. The molecule has 0 amide bonds. The van der Waals surface area contributed by atoms with Crippen molar-refractivity contribution in [2.24, 2.45) is 0 Å². The van der Waals surface area contributed by atoms with Gasteiger partial charge in [-0.05, 0) is 31.3 Å². The number of nitrogens with zero attached hydrogens (tertiary/aromatic N) is 2. The molecule has 0 bridgehead atoms. The average molecular weight is 224 g/mol. The Morgan fingerprint density at radius 3 is 2.80 bits per heavy atom. The number of hydrogen-bond donors (Lipinski definition) is 2. The maximum atomic E-state index is 5.67. The number of nitrogen functional groups attached to an aromatic ring is 1. The molecule has 0 aromatic carbocycles. The van der Waals surface area contributed by atoms with Gasteiger partial charge in [-0.25, -0.2) is 9.97 Å². The fourth-order valence-electron chi connectivity index (χ4n) is 1.72. The highest BCUT2D eigenvalue weighted by Gasteiger charge is 2.13. The number of nitrogens with one attached hydrogen (secondary N) is 1. The summed E-state index contributed by atoms with van der Waals surface area (Å²) >= 11 is 2.02. The normalized spacial score (nSPS) is 17.7. The van der Waals surface area contributed by atoms with Gasteiger partial charge in [-0.1, -0.05) is 0 Å². The van der Waals surface area contributed by atoms with E-state index in [0.29, 0.717) is 11.9 Å². The SMILES string of the molecule is Cc1nc(N)cc(NC2CCSCC2)n1. The molecule has 0 unspecified atom stereocenters. The number of anilines is 2. The van der Waals surface area contributed by atoms with Crippen molar-refractivity contribution in [1.82, 2.24) is 9.97 Å². The lowest BCUT2D eigenvalue weighted by atomic mass is 10.1. The minimum atomic E-state index is 0.537. The van der Waals surface area contributed by atoms with E-state index in [0.717, 1.165) is 11.6 Å². The van der Waals surface area contributed by atoms with Crippen molar-refractivity contribution in [1.29, 1.82) is 0 Å². The Kier molecular flexibility index (Phi) is 3.30. The number of aryl methyl sites for hydroxylation is 1. The fraction of sp³-hybridized carbons (Fsp3) is 0.600. The van der Waals surface area contributed by atoms with Crippen molar-refractivity contribution in [2.45, 2.75) is 25.8 Å². The standard InChI is InChI=1S/C10H16N4S/c1-7-12-9(11)6-10(13-7)14-8-2-4-15-5-3-8/h6,8H,2-5H2,1H3,(H3,11,12,13,14). The first-order valence-electron chi connectivity index (χ1n) is 5.19. The molecule has 1 aromatic heterocycles. The molecule has 1 aliphatic heterocycles. The molecular weight excluding hydrogens is 208 g/mol. The van der Waals surface area contributed by atoms with Crippen molar-refractivity contribution in [3.63, 3.8) is 0 Å². The van der Waals surface area contributed by atoms with Crippen molar-refractivity contribution < 1.29 is 0 Å². The van der Waals surface area contributed by atoms with E-state index in [-0.39, 0.29) is 0 Å². The zero-order chi connectivity index (χ0) is 10.7. The third-order valence-electron chi connectivity index (χ3n) is 2.43. The molecule has 82 valence electrons. The van der Waals surface area contributed by atoms with Gasteiger partial charge in [0.25, 0.3) is 0 Å². The van der Waals surface area contributed by atoms with Crippen LogP contribution in [0.2, 0.25) is 0 Å². The van der Waals surface area contributed by atoms with Gasteiger partial charge in [0, 0.05) is 12.1 Å². The molecular formula is C10H16N4S. The second kappa shape index (κ2) is 4.70. The first kappa shape index (κ1) is 10.5. The molecule has 2 rings (SSSR count). The third kappa shape index (κ3) is 2.99. The lowest BCUT2D eigenvalue weighted by molar-refractivity contribution is 0.663. The molecule has 0 saturated carbocycles. The molecule has 3 N–H and O–H groups in total. The van der Waals surface area contributed by atoms with Gasteiger partial charge >= 0.3 is 0 Å². The fourth-order valence-corrected chi connectivity index (χ4v) is 2.82. The molecule has 1 aromatic rings. The summed E-state index contributed by atoms with van der Waals surface area (Å²) in [7, 11) is 0. The van der Waals surface area contributed by atoms with Crippen molar-refractivity contribution in [3.05, 3.63) is 11.9 Å². The van der Waals surface area contributed by atoms with Gasteiger partial charge in [0.1, 0.15) is 17.5 Å². The van der Waals surface area contributed by atoms with E-state index >= 15 is 0 Å². The maximum Gasteiger partial charge on any atom is 0.132 e. The second-order valence-electron chi connectivity index (χ2n) is 3.76. The van der Waals surface area contributed by atoms with Crippen LogP contribution in [0.4, 0.5) is 11.6 Å². The Bertz CT molecular complexity index is 316. The summed E-state index contributed by atoms with van der Waals surface area (Å²) in [5, 5.41) is 3.42. The molecule has 1 fully saturated rings. The molecule has 15 heavy (non-hydrogen) atoms. The van der Waals surface area contributed by atoms with Crippen LogP contribution in [0.15, 0.2) is 6.07 Å². The van der Waals surface area contributed by atoms with E-state index in [1.54, 1.807) is 6.07 Å². The summed E-state index contributed by atoms with van der Waals surface area (Å²) < 4.78 is 0. The van der Waals surface area contributed by atoms with E-state index in [9.17, 15) is 0 Å². The molecule has 5 heteroatoms. The summed E-state index contributed by atoms with van der Waals surface area (Å²) in [5.74, 6) is 4.59. The van der Waals surface area contributed by atoms with Crippen LogP contribution in [0.3, 0.4) is 0 Å². The van der Waals surface area contributed by atoms with Crippen LogP contribution in [0, 0.1) is 6.92 Å². The van der Waals surface area contributed by atoms with E-state index < -0.39 is 0 Å². The van der Waals surface area contributed by atoms with Gasteiger partial charge in [0.05, 0.1) is 0 Å². The lowest BCUT2D eigenvalue weighted by Gasteiger charge is -2.23. The molecule has 2 heterocycles. The highest BCUT2D eigenvalue weighted by molar-refractivity contribution is 7.99. The Morgan fingerprint density at radius 2 is 2.13 bits per heavy atom. The minimum Gasteiger partial charge on any atom is -0.384 e. The van der Waals surface area contributed by atoms with Crippen LogP contribution in [-0.2, 0) is 0 Å². The topological polar surface area (TPSA) is 63.8 Å². The number of rotatable bonds is 2. The molecule has 0 radical (unpaired) electrons. The predicted octanol–water partition coefficient (Wildman–Crippen LogP) is 1.67. The summed E-state index contributed by atoms with van der Waals surface area (Å²) in [6, 6.07) is 2.34. The van der Waals surface area contributed by atoms with E-state index in [1.165, 1.54) is 24.3 Å². The number of hydrogen-bond acceptors (Lipinski definition) is 5. The van der Waals surface area contributed by atoms with Gasteiger partial charge in [-0.15, -0.1) is 0 Å². The highest BCUT2D eigenvalue weighted by atomic mass is 32.2. The second-order valence-corrected chi connectivity index (χ2v) is 4.98. The predicted molar refractivity (Wildman–Crippen MR) is 65.2 cm³/mol. The van der Waals surface area contributed by atoms with Crippen LogP contribution in [0.25, 0.3) is 0 Å². The number of nitrogens with two attached hydrogens (primary N) is 1. The molecule has 0 spiro atoms. The third-order valence-corrected chi connectivity index (χ3v) is 3.48. The number of aromatic nitrogens is 2. The largest absolute Gasteiger partial charge is 0.384 e. The van der Waals surface area contributed by atoms with Gasteiger partial charge in [0.15, 0.2) is 0 Å². The molecule has 4 nitrogen and oxygen atoms in total. The van der Waals surface area contributed by atoms with E-state index in [4.69, 9.17) is 5.73 Å². The Morgan fingerprint density at radius 1 is 1.40 bits per heavy atom. The van der Waals surface area contributed by atoms with Gasteiger partial charge in [0.2, 0.25) is 0 Å². The summed E-state index contributed by atoms with van der Waals surface area (Å²) in [6.07, 6.45) is 2.40. The number of thioether (sulfide) groups is 1. The lowest BCUT2D eigenvalue weighted by Crippen LogP contribution is -2.25. The molecule has 0 aliphatic carbocycles. The van der Waals surface area contributed by atoms with Crippen molar-refractivity contribution >= 4 is 23.4 Å². The Balaban J connectivity index is 2.02. The Hall–Kier alpha value is -0.970. The first-order chi connectivity index (χ1) is 7.24. The van der Waals surface area contributed by atoms with Crippen LogP contribution >= 0.6 is 11.8 Å². The van der Waals surface area contributed by atoms with Gasteiger partial charge < -0.3 is 11.1 Å². The van der Waals surface area contributed by atoms with Gasteiger partial charge in [-0.3, -0.25) is 0 Å². The Labute approximate surface area is 94.1 Å². The average Bonchev–Trinajstić information content (AvgIpc) is 2.17. The van der Waals surface area contributed by atoms with E-state index in [1.807, 2.05) is 18.7 Å². The molecule has 1 aliphatic rings. The van der Waals surface area contributed by atoms with Crippen LogP contribution in [0.1, 0.15) is 18.7 Å². The molecule has 1 saturated heterocycles. The monoisotopic (exact) mass is 224 g/mol. The van der Waals surface area contributed by atoms with E-state index in [2.05, 4.69) is 15.3 Å². The molecule has 0 atom stereocenters. The minimum absolute atomic E-state index is 0.537. The summed E-state index contributed by atoms with van der Waals surface area (Å²) in [6.45, 7) is 1.86. The van der Waals surface area contributed by atoms with Crippen LogP contribution in [0.5, 0.6) is 0 Å². The quantitative estimate of drug-likeness (QED) is 0.800. The zero-order valence-electron chi connectivity index (χ0n) is 8.86. The smallest absolute Gasteiger partial charge is 0.132 e. The zero-order valence-corrected chi connectivity index (χ0v) is 9.68. The van der Waals surface area contributed by atoms with Crippen molar-refractivity contribution in [3.8, 4) is 0 Å². The first-order valence-corrected chi connectivity index (χ1v) is 6.35.